The number of carbonyl (C=O) groups excluding carboxylic acids is 1. The summed E-state index contributed by atoms with van der Waals surface area (Å²) < 4.78 is 5.51. The molecule has 0 saturated carbocycles. The molecule has 1 amide bonds. The minimum Gasteiger partial charge on any atom is -0.467 e. The Morgan fingerprint density at radius 1 is 1.38 bits per heavy atom. The van der Waals surface area contributed by atoms with Gasteiger partial charge in [-0.2, -0.15) is 0 Å². The van der Waals surface area contributed by atoms with Crippen molar-refractivity contribution in [1.29, 1.82) is 0 Å². The smallest absolute Gasteiger partial charge is 0.248 e. The van der Waals surface area contributed by atoms with Gasteiger partial charge in [0.05, 0.1) is 12.9 Å². The molecule has 0 fully saturated rings. The molecule has 2 rings (SSSR count). The molecule has 0 aromatic carbocycles. The van der Waals surface area contributed by atoms with Crippen molar-refractivity contribution in [2.75, 3.05) is 54.5 Å². The van der Waals surface area contributed by atoms with E-state index in [1.807, 2.05) is 18.0 Å². The predicted molar refractivity (Wildman–Crippen MR) is 82.0 cm³/mol. The number of nitrogens with zero attached hydrogens (tertiary/aromatic N) is 3. The number of carbonyl (C=O) groups is 1. The van der Waals surface area contributed by atoms with Gasteiger partial charge in [0.15, 0.2) is 0 Å². The van der Waals surface area contributed by atoms with E-state index in [0.29, 0.717) is 6.67 Å². The van der Waals surface area contributed by atoms with Crippen molar-refractivity contribution < 1.29 is 9.21 Å². The van der Waals surface area contributed by atoms with Gasteiger partial charge in [0.1, 0.15) is 11.8 Å². The van der Waals surface area contributed by atoms with Gasteiger partial charge < -0.3 is 19.5 Å². The molecule has 1 aromatic rings. The second-order valence-electron chi connectivity index (χ2n) is 5.91. The van der Waals surface area contributed by atoms with Crippen molar-refractivity contribution in [1.82, 2.24) is 20.0 Å². The van der Waals surface area contributed by atoms with Crippen molar-refractivity contribution in [3.8, 4) is 0 Å². The third-order valence-electron chi connectivity index (χ3n) is 3.88. The molecule has 0 saturated heterocycles. The Balaban J connectivity index is 2.02. The number of rotatable bonds is 6. The standard InChI is InChI=1S/C15H26N4O2/c1-16-13-14-12(6-10-21-14)5-7-19(15(13)20)11-18(4)9-8-17(2)3/h6,10,13,16H,5,7-9,11H2,1-4H3. The first kappa shape index (κ1) is 16.0. The second-order valence-corrected chi connectivity index (χ2v) is 5.91. The van der Waals surface area contributed by atoms with Gasteiger partial charge in [-0.3, -0.25) is 9.69 Å². The third kappa shape index (κ3) is 3.84. The van der Waals surface area contributed by atoms with Gasteiger partial charge in [0.2, 0.25) is 5.91 Å². The molecule has 1 aliphatic heterocycles. The van der Waals surface area contributed by atoms with Crippen molar-refractivity contribution in [3.63, 3.8) is 0 Å². The zero-order chi connectivity index (χ0) is 15.4. The highest BCUT2D eigenvalue weighted by atomic mass is 16.3. The van der Waals surface area contributed by atoms with E-state index >= 15 is 0 Å². The highest BCUT2D eigenvalue weighted by Gasteiger charge is 2.32. The molecule has 1 atom stereocenters. The third-order valence-corrected chi connectivity index (χ3v) is 3.88. The van der Waals surface area contributed by atoms with Crippen molar-refractivity contribution in [2.24, 2.45) is 0 Å². The summed E-state index contributed by atoms with van der Waals surface area (Å²) in [6, 6.07) is 1.59. The lowest BCUT2D eigenvalue weighted by atomic mass is 10.1. The van der Waals surface area contributed by atoms with Crippen LogP contribution in [0, 0.1) is 0 Å². The van der Waals surface area contributed by atoms with Crippen LogP contribution in [-0.2, 0) is 11.2 Å². The van der Waals surface area contributed by atoms with Gasteiger partial charge >= 0.3 is 0 Å². The fourth-order valence-electron chi connectivity index (χ4n) is 2.60. The molecule has 2 heterocycles. The molecule has 1 aromatic heterocycles. The van der Waals surface area contributed by atoms with Gasteiger partial charge in [-0.1, -0.05) is 0 Å². The van der Waals surface area contributed by atoms with E-state index < -0.39 is 0 Å². The van der Waals surface area contributed by atoms with Crippen LogP contribution in [0.25, 0.3) is 0 Å². The summed E-state index contributed by atoms with van der Waals surface area (Å²) in [5, 5.41) is 3.08. The first-order chi connectivity index (χ1) is 10.0. The Morgan fingerprint density at radius 2 is 2.14 bits per heavy atom. The zero-order valence-corrected chi connectivity index (χ0v) is 13.4. The SMILES string of the molecule is CNC1C(=O)N(CN(C)CCN(C)C)CCc2ccoc21. The van der Waals surface area contributed by atoms with Crippen LogP contribution in [0.4, 0.5) is 0 Å². The van der Waals surface area contributed by atoms with Crippen LogP contribution in [0.15, 0.2) is 16.7 Å². The van der Waals surface area contributed by atoms with Gasteiger partial charge in [-0.05, 0) is 46.2 Å². The number of hydrogen-bond donors (Lipinski definition) is 1. The van der Waals surface area contributed by atoms with Crippen LogP contribution in [-0.4, -0.2) is 75.1 Å². The Hall–Kier alpha value is -1.37. The number of furan rings is 1. The molecule has 6 heteroatoms. The van der Waals surface area contributed by atoms with E-state index in [1.165, 1.54) is 0 Å². The average molecular weight is 294 g/mol. The van der Waals surface area contributed by atoms with Crippen molar-refractivity contribution in [2.45, 2.75) is 12.5 Å². The highest BCUT2D eigenvalue weighted by Crippen LogP contribution is 2.25. The highest BCUT2D eigenvalue weighted by molar-refractivity contribution is 5.83. The Morgan fingerprint density at radius 3 is 2.81 bits per heavy atom. The van der Waals surface area contributed by atoms with Gasteiger partial charge in [-0.15, -0.1) is 0 Å². The Kier molecular flexibility index (Phi) is 5.39. The molecule has 0 spiro atoms. The summed E-state index contributed by atoms with van der Waals surface area (Å²) in [4.78, 5) is 18.9. The van der Waals surface area contributed by atoms with Crippen LogP contribution >= 0.6 is 0 Å². The van der Waals surface area contributed by atoms with Crippen LogP contribution in [0.5, 0.6) is 0 Å². The molecule has 6 nitrogen and oxygen atoms in total. The van der Waals surface area contributed by atoms with Crippen LogP contribution in [0.3, 0.4) is 0 Å². The fourth-order valence-corrected chi connectivity index (χ4v) is 2.60. The number of likely N-dealkylation sites (N-methyl/N-ethyl adjacent to an activating group) is 3. The molecule has 1 unspecified atom stereocenters. The van der Waals surface area contributed by atoms with Crippen molar-refractivity contribution in [3.05, 3.63) is 23.7 Å². The van der Waals surface area contributed by atoms with Crippen LogP contribution in [0.2, 0.25) is 0 Å². The van der Waals surface area contributed by atoms with Crippen molar-refractivity contribution >= 4 is 5.91 Å². The number of nitrogens with one attached hydrogen (secondary N) is 1. The summed E-state index contributed by atoms with van der Waals surface area (Å²) in [7, 11) is 7.96. The first-order valence-corrected chi connectivity index (χ1v) is 7.38. The van der Waals surface area contributed by atoms with Crippen LogP contribution < -0.4 is 5.32 Å². The lowest BCUT2D eigenvalue weighted by molar-refractivity contribution is -0.135. The molecular weight excluding hydrogens is 268 g/mol. The molecule has 0 radical (unpaired) electrons. The van der Waals surface area contributed by atoms with E-state index in [9.17, 15) is 4.79 Å². The molecule has 1 aliphatic rings. The Labute approximate surface area is 126 Å². The molecule has 21 heavy (non-hydrogen) atoms. The lowest BCUT2D eigenvalue weighted by Crippen LogP contribution is -2.45. The van der Waals surface area contributed by atoms with E-state index in [-0.39, 0.29) is 11.9 Å². The summed E-state index contributed by atoms with van der Waals surface area (Å²) in [5.41, 5.74) is 1.13. The lowest BCUT2D eigenvalue weighted by Gasteiger charge is -2.29. The second kappa shape index (κ2) is 7.06. The van der Waals surface area contributed by atoms with E-state index in [0.717, 1.165) is 37.4 Å². The maximum Gasteiger partial charge on any atom is 0.248 e. The Bertz CT molecular complexity index is 472. The quantitative estimate of drug-likeness (QED) is 0.822. The predicted octanol–water partition coefficient (Wildman–Crippen LogP) is 0.376. The summed E-state index contributed by atoms with van der Waals surface area (Å²) in [6.45, 7) is 3.30. The fraction of sp³-hybridized carbons (Fsp3) is 0.667. The number of fused-ring (bicyclic) bond motifs is 1. The van der Waals surface area contributed by atoms with E-state index in [2.05, 4.69) is 29.2 Å². The van der Waals surface area contributed by atoms with E-state index in [4.69, 9.17) is 4.42 Å². The molecule has 0 bridgehead atoms. The monoisotopic (exact) mass is 294 g/mol. The maximum atomic E-state index is 12.7. The topological polar surface area (TPSA) is 52.0 Å². The summed E-state index contributed by atoms with van der Waals surface area (Å²) >= 11 is 0. The molecular formula is C15H26N4O2. The normalized spacial score (nSPS) is 19.2. The maximum absolute atomic E-state index is 12.7. The zero-order valence-electron chi connectivity index (χ0n) is 13.4. The molecule has 1 N–H and O–H groups in total. The first-order valence-electron chi connectivity index (χ1n) is 7.38. The summed E-state index contributed by atoms with van der Waals surface area (Å²) in [5.74, 6) is 0.851. The van der Waals surface area contributed by atoms with E-state index in [1.54, 1.807) is 13.3 Å². The van der Waals surface area contributed by atoms with Gasteiger partial charge in [-0.25, -0.2) is 0 Å². The summed E-state index contributed by atoms with van der Waals surface area (Å²) in [6.07, 6.45) is 2.51. The number of amides is 1. The average Bonchev–Trinajstić information content (AvgIpc) is 2.85. The largest absolute Gasteiger partial charge is 0.467 e. The van der Waals surface area contributed by atoms with Gasteiger partial charge in [0, 0.05) is 19.6 Å². The van der Waals surface area contributed by atoms with Gasteiger partial charge in [0.25, 0.3) is 0 Å². The molecule has 0 aliphatic carbocycles. The minimum absolute atomic E-state index is 0.0860. The number of hydrogen-bond acceptors (Lipinski definition) is 5. The minimum atomic E-state index is -0.375. The molecule has 118 valence electrons. The van der Waals surface area contributed by atoms with Crippen LogP contribution in [0.1, 0.15) is 17.4 Å².